The number of hydrogen-bond acceptors (Lipinski definition) is 3. The lowest BCUT2D eigenvalue weighted by Gasteiger charge is -2.07. The maximum absolute atomic E-state index is 5.63. The number of pyridine rings is 1. The van der Waals surface area contributed by atoms with Gasteiger partial charge in [0.25, 0.3) is 0 Å². The number of aromatic nitrogens is 3. The van der Waals surface area contributed by atoms with Crippen LogP contribution in [0, 0.1) is 0 Å². The molecule has 16 heavy (non-hydrogen) atoms. The Hall–Kier alpha value is -1.68. The van der Waals surface area contributed by atoms with Crippen molar-refractivity contribution in [1.82, 2.24) is 14.5 Å². The Labute approximate surface area is 94.1 Å². The predicted octanol–water partition coefficient (Wildman–Crippen LogP) is 1.21. The highest BCUT2D eigenvalue weighted by atomic mass is 15.1. The second-order valence-corrected chi connectivity index (χ2v) is 4.05. The van der Waals surface area contributed by atoms with Crippen LogP contribution in [-0.4, -0.2) is 14.5 Å². The quantitative estimate of drug-likeness (QED) is 0.817. The van der Waals surface area contributed by atoms with E-state index in [-0.39, 0.29) is 0 Å². The number of nitrogens with two attached hydrogens (primary N) is 1. The molecule has 2 N–H and O–H groups in total. The van der Waals surface area contributed by atoms with E-state index < -0.39 is 0 Å². The fourth-order valence-electron chi connectivity index (χ4n) is 2.24. The average Bonchev–Trinajstić information content (AvgIpc) is 2.96. The molecule has 0 spiro atoms. The fraction of sp³-hybridized carbons (Fsp3) is 0.333. The topological polar surface area (TPSA) is 56.7 Å². The van der Waals surface area contributed by atoms with E-state index in [2.05, 4.69) is 16.0 Å². The van der Waals surface area contributed by atoms with Gasteiger partial charge in [0.2, 0.25) is 0 Å². The van der Waals surface area contributed by atoms with Crippen LogP contribution in [0.5, 0.6) is 0 Å². The highest BCUT2D eigenvalue weighted by Gasteiger charge is 2.13. The summed E-state index contributed by atoms with van der Waals surface area (Å²) >= 11 is 0. The molecule has 4 heteroatoms. The smallest absolute Gasteiger partial charge is 0.138 e. The van der Waals surface area contributed by atoms with Crippen LogP contribution in [0.1, 0.15) is 23.5 Å². The van der Waals surface area contributed by atoms with Gasteiger partial charge in [-0.2, -0.15) is 0 Å². The van der Waals surface area contributed by atoms with Gasteiger partial charge >= 0.3 is 0 Å². The second-order valence-electron chi connectivity index (χ2n) is 4.05. The Morgan fingerprint density at radius 3 is 3.12 bits per heavy atom. The van der Waals surface area contributed by atoms with Gasteiger partial charge in [-0.15, -0.1) is 0 Å². The van der Waals surface area contributed by atoms with E-state index in [0.717, 1.165) is 24.5 Å². The zero-order valence-corrected chi connectivity index (χ0v) is 9.06. The molecule has 0 bridgehead atoms. The monoisotopic (exact) mass is 214 g/mol. The van der Waals surface area contributed by atoms with E-state index in [1.165, 1.54) is 17.7 Å². The molecule has 4 nitrogen and oxygen atoms in total. The first-order valence-corrected chi connectivity index (χ1v) is 5.60. The van der Waals surface area contributed by atoms with Crippen molar-refractivity contribution in [3.05, 3.63) is 41.6 Å². The van der Waals surface area contributed by atoms with Gasteiger partial charge in [-0.25, -0.2) is 9.97 Å². The minimum atomic E-state index is 0.436. The highest BCUT2D eigenvalue weighted by molar-refractivity contribution is 5.34. The zero-order chi connectivity index (χ0) is 11.0. The third kappa shape index (κ3) is 1.42. The number of hydrogen-bond donors (Lipinski definition) is 1. The SMILES string of the molecule is NCc1nccn1-c1ccc2c(n1)CCC2. The number of imidazole rings is 1. The molecule has 0 radical (unpaired) electrons. The zero-order valence-electron chi connectivity index (χ0n) is 9.06. The summed E-state index contributed by atoms with van der Waals surface area (Å²) < 4.78 is 1.96. The Morgan fingerprint density at radius 1 is 1.31 bits per heavy atom. The third-order valence-corrected chi connectivity index (χ3v) is 3.06. The molecule has 3 rings (SSSR count). The van der Waals surface area contributed by atoms with E-state index >= 15 is 0 Å². The van der Waals surface area contributed by atoms with Gasteiger partial charge in [0, 0.05) is 18.1 Å². The van der Waals surface area contributed by atoms with Gasteiger partial charge in [0.05, 0.1) is 6.54 Å². The van der Waals surface area contributed by atoms with Crippen molar-refractivity contribution < 1.29 is 0 Å². The van der Waals surface area contributed by atoms with Gasteiger partial charge in [-0.1, -0.05) is 6.07 Å². The van der Waals surface area contributed by atoms with Crippen molar-refractivity contribution in [2.45, 2.75) is 25.8 Å². The molecular weight excluding hydrogens is 200 g/mol. The Bertz CT molecular complexity index is 515. The largest absolute Gasteiger partial charge is 0.324 e. The fourth-order valence-corrected chi connectivity index (χ4v) is 2.24. The van der Waals surface area contributed by atoms with Crippen LogP contribution in [0.15, 0.2) is 24.5 Å². The molecule has 0 saturated carbocycles. The lowest BCUT2D eigenvalue weighted by molar-refractivity contribution is 0.837. The molecule has 1 aliphatic carbocycles. The van der Waals surface area contributed by atoms with E-state index in [4.69, 9.17) is 5.73 Å². The van der Waals surface area contributed by atoms with Gasteiger partial charge in [0.1, 0.15) is 11.6 Å². The van der Waals surface area contributed by atoms with Crippen LogP contribution in [0.3, 0.4) is 0 Å². The van der Waals surface area contributed by atoms with Gasteiger partial charge in [0.15, 0.2) is 0 Å². The molecule has 0 atom stereocenters. The van der Waals surface area contributed by atoms with Crippen LogP contribution in [0.25, 0.3) is 5.82 Å². The summed E-state index contributed by atoms with van der Waals surface area (Å²) in [5, 5.41) is 0. The molecule has 0 amide bonds. The van der Waals surface area contributed by atoms with Crippen LogP contribution >= 0.6 is 0 Å². The predicted molar refractivity (Wildman–Crippen MR) is 61.3 cm³/mol. The van der Waals surface area contributed by atoms with Crippen molar-refractivity contribution >= 4 is 0 Å². The summed E-state index contributed by atoms with van der Waals surface area (Å²) in [5.74, 6) is 1.78. The van der Waals surface area contributed by atoms with Crippen molar-refractivity contribution in [3.63, 3.8) is 0 Å². The molecule has 0 aromatic carbocycles. The van der Waals surface area contributed by atoms with Crippen LogP contribution in [0.2, 0.25) is 0 Å². The summed E-state index contributed by atoms with van der Waals surface area (Å²) in [6, 6.07) is 4.22. The molecule has 0 unspecified atom stereocenters. The maximum Gasteiger partial charge on any atom is 0.138 e. The van der Waals surface area contributed by atoms with Crippen LogP contribution in [0.4, 0.5) is 0 Å². The Balaban J connectivity index is 2.07. The minimum absolute atomic E-state index is 0.436. The summed E-state index contributed by atoms with van der Waals surface area (Å²) in [7, 11) is 0. The molecule has 2 heterocycles. The Morgan fingerprint density at radius 2 is 2.25 bits per heavy atom. The molecular formula is C12H14N4. The number of fused-ring (bicyclic) bond motifs is 1. The number of rotatable bonds is 2. The molecule has 2 aromatic heterocycles. The Kier molecular flexibility index (Phi) is 2.22. The van der Waals surface area contributed by atoms with Gasteiger partial charge in [-0.3, -0.25) is 4.57 Å². The highest BCUT2D eigenvalue weighted by Crippen LogP contribution is 2.21. The summed E-state index contributed by atoms with van der Waals surface area (Å²) in [6.45, 7) is 0.436. The first kappa shape index (κ1) is 9.54. The van der Waals surface area contributed by atoms with E-state index in [9.17, 15) is 0 Å². The number of aryl methyl sites for hydroxylation is 2. The summed E-state index contributed by atoms with van der Waals surface area (Å²) in [5.41, 5.74) is 8.25. The number of nitrogens with zero attached hydrogens (tertiary/aromatic N) is 3. The standard InChI is InChI=1S/C12H14N4/c13-8-12-14-6-7-16(12)11-5-4-9-2-1-3-10(9)15-11/h4-7H,1-3,8,13H2. The molecule has 82 valence electrons. The van der Waals surface area contributed by atoms with E-state index in [0.29, 0.717) is 6.54 Å². The molecule has 2 aromatic rings. The molecule has 0 saturated heterocycles. The summed E-state index contributed by atoms with van der Waals surface area (Å²) in [4.78, 5) is 8.87. The van der Waals surface area contributed by atoms with Crippen molar-refractivity contribution in [2.75, 3.05) is 0 Å². The van der Waals surface area contributed by atoms with Crippen LogP contribution in [-0.2, 0) is 19.4 Å². The molecule has 0 fully saturated rings. The van der Waals surface area contributed by atoms with Gasteiger partial charge < -0.3 is 5.73 Å². The van der Waals surface area contributed by atoms with Crippen molar-refractivity contribution in [3.8, 4) is 5.82 Å². The minimum Gasteiger partial charge on any atom is -0.324 e. The third-order valence-electron chi connectivity index (χ3n) is 3.06. The first-order valence-electron chi connectivity index (χ1n) is 5.60. The molecule has 1 aliphatic rings. The van der Waals surface area contributed by atoms with Gasteiger partial charge in [-0.05, 0) is 30.9 Å². The summed E-state index contributed by atoms with van der Waals surface area (Å²) in [6.07, 6.45) is 7.15. The average molecular weight is 214 g/mol. The van der Waals surface area contributed by atoms with Crippen LogP contribution < -0.4 is 5.73 Å². The maximum atomic E-state index is 5.63. The van der Waals surface area contributed by atoms with Crippen molar-refractivity contribution in [1.29, 1.82) is 0 Å². The first-order chi connectivity index (χ1) is 7.88. The molecule has 0 aliphatic heterocycles. The normalized spacial score (nSPS) is 14.1. The van der Waals surface area contributed by atoms with E-state index in [1.54, 1.807) is 6.20 Å². The lowest BCUT2D eigenvalue weighted by atomic mass is 10.2. The lowest BCUT2D eigenvalue weighted by Crippen LogP contribution is -2.08. The second kappa shape index (κ2) is 3.72. The van der Waals surface area contributed by atoms with Crippen molar-refractivity contribution in [2.24, 2.45) is 5.73 Å². The van der Waals surface area contributed by atoms with E-state index in [1.807, 2.05) is 16.8 Å².